The summed E-state index contributed by atoms with van der Waals surface area (Å²) >= 11 is 0. The number of esters is 1. The third kappa shape index (κ3) is 5.25. The number of aliphatic hydroxyl groups excluding tert-OH is 2. The van der Waals surface area contributed by atoms with Crippen LogP contribution in [0.2, 0.25) is 0 Å². The normalized spacial score (nSPS) is 41.3. The molecule has 7 nitrogen and oxygen atoms in total. The van der Waals surface area contributed by atoms with E-state index >= 15 is 0 Å². The fraction of sp³-hybridized carbons (Fsp3) is 0.917. The van der Waals surface area contributed by atoms with E-state index in [1.54, 1.807) is 6.92 Å². The highest BCUT2D eigenvalue weighted by molar-refractivity contribution is 5.76. The molecule has 0 unspecified atom stereocenters. The molecule has 0 aromatic rings. The van der Waals surface area contributed by atoms with E-state index in [0.29, 0.717) is 24.7 Å². The predicted octanol–water partition coefficient (Wildman–Crippen LogP) is 3.14. The van der Waals surface area contributed by atoms with Crippen LogP contribution in [-0.2, 0) is 14.3 Å². The summed E-state index contributed by atoms with van der Waals surface area (Å²) in [6.45, 7) is 10.7. The smallest absolute Gasteiger partial charge is 0.306 e. The Hall–Kier alpha value is -1.18. The lowest BCUT2D eigenvalue weighted by Gasteiger charge is -2.64. The summed E-state index contributed by atoms with van der Waals surface area (Å²) < 4.78 is 5.16. The van der Waals surface area contributed by atoms with Gasteiger partial charge < -0.3 is 25.2 Å². The van der Waals surface area contributed by atoms with Crippen LogP contribution in [0.4, 0.5) is 0 Å². The first-order valence-corrected chi connectivity index (χ1v) is 11.7. The zero-order valence-corrected chi connectivity index (χ0v) is 19.8. The Morgan fingerprint density at radius 1 is 1.13 bits per heavy atom. The summed E-state index contributed by atoms with van der Waals surface area (Å²) in [5, 5.41) is 40.9. The molecule has 0 spiro atoms. The van der Waals surface area contributed by atoms with Crippen LogP contribution in [0, 0.1) is 28.6 Å². The summed E-state index contributed by atoms with van der Waals surface area (Å²) in [7, 11) is 0. The van der Waals surface area contributed by atoms with Gasteiger partial charge in [0.1, 0.15) is 6.10 Å². The number of hydrogen-bond acceptors (Lipinski definition) is 6. The van der Waals surface area contributed by atoms with Crippen LogP contribution in [0.15, 0.2) is 0 Å². The van der Waals surface area contributed by atoms with Gasteiger partial charge in [0.05, 0.1) is 31.2 Å². The molecule has 2 rings (SSSR count). The fourth-order valence-electron chi connectivity index (χ4n) is 6.09. The molecule has 31 heavy (non-hydrogen) atoms. The first kappa shape index (κ1) is 26.1. The number of carbonyl (C=O) groups excluding carboxylic acids is 1. The molecule has 2 fully saturated rings. The van der Waals surface area contributed by atoms with Crippen LogP contribution < -0.4 is 0 Å². The van der Waals surface area contributed by atoms with Crippen molar-refractivity contribution in [1.29, 1.82) is 0 Å². The van der Waals surface area contributed by atoms with Crippen LogP contribution in [0.1, 0.15) is 86.0 Å². The highest BCUT2D eigenvalue weighted by atomic mass is 16.5. The summed E-state index contributed by atoms with van der Waals surface area (Å²) in [4.78, 5) is 22.1. The maximum Gasteiger partial charge on any atom is 0.306 e. The van der Waals surface area contributed by atoms with Gasteiger partial charge in [0, 0.05) is 5.41 Å². The largest absolute Gasteiger partial charge is 0.481 e. The van der Waals surface area contributed by atoms with E-state index in [-0.39, 0.29) is 30.8 Å². The highest BCUT2D eigenvalue weighted by Gasteiger charge is 2.64. The van der Waals surface area contributed by atoms with Crippen molar-refractivity contribution in [3.05, 3.63) is 0 Å². The van der Waals surface area contributed by atoms with Crippen molar-refractivity contribution in [1.82, 2.24) is 0 Å². The Morgan fingerprint density at radius 3 is 2.39 bits per heavy atom. The Balaban J connectivity index is 1.98. The molecule has 0 aromatic carbocycles. The molecule has 0 heterocycles. The van der Waals surface area contributed by atoms with Gasteiger partial charge in [0.15, 0.2) is 0 Å². The van der Waals surface area contributed by atoms with Crippen LogP contribution in [-0.4, -0.2) is 56.8 Å². The van der Waals surface area contributed by atoms with E-state index in [0.717, 1.165) is 25.7 Å². The lowest BCUT2D eigenvalue weighted by Crippen LogP contribution is -2.68. The van der Waals surface area contributed by atoms with Gasteiger partial charge in [-0.2, -0.15) is 0 Å². The maximum absolute atomic E-state index is 11.6. The minimum Gasteiger partial charge on any atom is -0.481 e. The molecule has 0 aromatic heterocycles. The lowest BCUT2D eigenvalue weighted by molar-refractivity contribution is -0.264. The molecule has 0 bridgehead atoms. The summed E-state index contributed by atoms with van der Waals surface area (Å²) in [5.74, 6) is -0.631. The monoisotopic (exact) mass is 442 g/mol. The third-order valence-corrected chi connectivity index (χ3v) is 8.95. The van der Waals surface area contributed by atoms with Crippen molar-refractivity contribution in [2.45, 2.75) is 104 Å². The SMILES string of the molecule is C[C@H](CCOC(=O)CCC(=O)O)CC[C@]1(C)[C@H](C)CC[C@]2(C)[C@@H]1C[C@H](O)[C@@H](O)[C@@]2(C)O. The number of aliphatic hydroxyl groups is 3. The number of fused-ring (bicyclic) bond motifs is 1. The molecule has 4 N–H and O–H groups in total. The number of carboxylic acids is 1. The van der Waals surface area contributed by atoms with Crippen molar-refractivity contribution >= 4 is 11.9 Å². The van der Waals surface area contributed by atoms with E-state index < -0.39 is 35.2 Å². The van der Waals surface area contributed by atoms with Crippen LogP contribution in [0.3, 0.4) is 0 Å². The first-order valence-electron chi connectivity index (χ1n) is 11.7. The van der Waals surface area contributed by atoms with E-state index in [9.17, 15) is 24.9 Å². The average molecular weight is 443 g/mol. The minimum atomic E-state index is -1.34. The van der Waals surface area contributed by atoms with Crippen molar-refractivity contribution in [3.8, 4) is 0 Å². The molecule has 180 valence electrons. The number of ether oxygens (including phenoxy) is 1. The quantitative estimate of drug-likeness (QED) is 0.404. The van der Waals surface area contributed by atoms with E-state index in [4.69, 9.17) is 9.84 Å². The topological polar surface area (TPSA) is 124 Å². The molecule has 8 atom stereocenters. The third-order valence-electron chi connectivity index (χ3n) is 8.95. The van der Waals surface area contributed by atoms with Crippen LogP contribution in [0.25, 0.3) is 0 Å². The van der Waals surface area contributed by atoms with Gasteiger partial charge in [-0.25, -0.2) is 0 Å². The molecular formula is C24H42O7. The van der Waals surface area contributed by atoms with Crippen LogP contribution in [0.5, 0.6) is 0 Å². The molecule has 0 aliphatic heterocycles. The van der Waals surface area contributed by atoms with Gasteiger partial charge in [0.2, 0.25) is 0 Å². The molecule has 2 aliphatic carbocycles. The van der Waals surface area contributed by atoms with Gasteiger partial charge in [-0.3, -0.25) is 9.59 Å². The number of hydrogen-bond donors (Lipinski definition) is 4. The van der Waals surface area contributed by atoms with Gasteiger partial charge in [0.25, 0.3) is 0 Å². The number of rotatable bonds is 9. The van der Waals surface area contributed by atoms with E-state index in [2.05, 4.69) is 27.7 Å². The van der Waals surface area contributed by atoms with Gasteiger partial charge in [-0.05, 0) is 62.2 Å². The van der Waals surface area contributed by atoms with E-state index in [1.807, 2.05) is 0 Å². The summed E-state index contributed by atoms with van der Waals surface area (Å²) in [5.41, 5.74) is -1.88. The van der Waals surface area contributed by atoms with Crippen molar-refractivity contribution in [2.24, 2.45) is 28.6 Å². The molecule has 0 radical (unpaired) electrons. The zero-order valence-electron chi connectivity index (χ0n) is 19.8. The summed E-state index contributed by atoms with van der Waals surface area (Å²) in [6, 6.07) is 0. The molecule has 0 amide bonds. The number of carboxylic acid groups (broad SMARTS) is 1. The maximum atomic E-state index is 11.6. The second-order valence-electron chi connectivity index (χ2n) is 10.9. The number of aliphatic carboxylic acids is 1. The standard InChI is InChI=1S/C24H42O7/c1-15(10-13-31-20(28)7-6-19(26)27)8-11-22(3)16(2)9-12-23(4)18(22)14-17(25)21(29)24(23,5)30/h15-18,21,25,29-30H,6-14H2,1-5H3,(H,26,27)/t15-,16+,17-,18+,21+,22+,23+,24+/m0/s1. The van der Waals surface area contributed by atoms with E-state index in [1.165, 1.54) is 0 Å². The number of carbonyl (C=O) groups is 2. The lowest BCUT2D eigenvalue weighted by atomic mass is 9.42. The summed E-state index contributed by atoms with van der Waals surface area (Å²) in [6.07, 6.45) is 2.48. The van der Waals surface area contributed by atoms with Gasteiger partial charge >= 0.3 is 11.9 Å². The van der Waals surface area contributed by atoms with Crippen molar-refractivity contribution in [3.63, 3.8) is 0 Å². The average Bonchev–Trinajstić information content (AvgIpc) is 2.69. The molecule has 0 saturated heterocycles. The van der Waals surface area contributed by atoms with Crippen molar-refractivity contribution < 1.29 is 34.8 Å². The Bertz CT molecular complexity index is 648. The Kier molecular flexibility index (Phi) is 8.20. The minimum absolute atomic E-state index is 0.0788. The molecule has 2 aliphatic rings. The molecular weight excluding hydrogens is 400 g/mol. The highest BCUT2D eigenvalue weighted by Crippen LogP contribution is 2.64. The first-order chi connectivity index (χ1) is 14.3. The Labute approximate surface area is 186 Å². The van der Waals surface area contributed by atoms with Crippen LogP contribution >= 0.6 is 0 Å². The van der Waals surface area contributed by atoms with Gasteiger partial charge in [-0.1, -0.05) is 34.1 Å². The Morgan fingerprint density at radius 2 is 1.77 bits per heavy atom. The fourth-order valence-corrected chi connectivity index (χ4v) is 6.09. The van der Waals surface area contributed by atoms with Crippen molar-refractivity contribution in [2.75, 3.05) is 6.61 Å². The molecule has 7 heteroatoms. The second-order valence-corrected chi connectivity index (χ2v) is 10.9. The predicted molar refractivity (Wildman–Crippen MR) is 116 cm³/mol. The van der Waals surface area contributed by atoms with Gasteiger partial charge in [-0.15, -0.1) is 0 Å². The molecule has 2 saturated carbocycles. The zero-order chi connectivity index (χ0) is 23.6. The second kappa shape index (κ2) is 9.75.